The lowest BCUT2D eigenvalue weighted by Gasteiger charge is -2.08. The van der Waals surface area contributed by atoms with Gasteiger partial charge in [0.15, 0.2) is 5.82 Å². The van der Waals surface area contributed by atoms with Gasteiger partial charge in [-0.2, -0.15) is 0 Å². The van der Waals surface area contributed by atoms with Crippen molar-refractivity contribution in [1.82, 2.24) is 9.97 Å². The molecule has 3 rings (SSSR count). The summed E-state index contributed by atoms with van der Waals surface area (Å²) in [5.41, 5.74) is 2.76. The van der Waals surface area contributed by atoms with Crippen molar-refractivity contribution in [3.63, 3.8) is 0 Å². The van der Waals surface area contributed by atoms with Gasteiger partial charge in [-0.05, 0) is 43.2 Å². The smallest absolute Gasteiger partial charge is 0.164 e. The van der Waals surface area contributed by atoms with Gasteiger partial charge in [-0.3, -0.25) is 0 Å². The molecule has 0 bridgehead atoms. The molecule has 0 aliphatic rings. The van der Waals surface area contributed by atoms with Gasteiger partial charge in [-0.1, -0.05) is 17.7 Å². The van der Waals surface area contributed by atoms with Gasteiger partial charge < -0.3 is 0 Å². The molecule has 0 radical (unpaired) electrons. The van der Waals surface area contributed by atoms with Crippen molar-refractivity contribution in [3.8, 4) is 11.4 Å². The lowest BCUT2D eigenvalue weighted by atomic mass is 10.1. The van der Waals surface area contributed by atoms with Gasteiger partial charge in [0.2, 0.25) is 0 Å². The highest BCUT2D eigenvalue weighted by Crippen LogP contribution is 2.29. The van der Waals surface area contributed by atoms with Gasteiger partial charge in [0.05, 0.1) is 11.1 Å². The fraction of sp³-hybridized carbons (Fsp3) is 0.125. The van der Waals surface area contributed by atoms with Crippen LogP contribution in [-0.4, -0.2) is 9.97 Å². The average Bonchev–Trinajstić information content (AvgIpc) is 2.36. The Kier molecular flexibility index (Phi) is 3.33. The third-order valence-corrected chi connectivity index (χ3v) is 3.54. The van der Waals surface area contributed by atoms with Gasteiger partial charge in [-0.25, -0.2) is 18.7 Å². The van der Waals surface area contributed by atoms with Crippen molar-refractivity contribution >= 4 is 22.5 Å². The number of aryl methyl sites for hydroxylation is 2. The minimum absolute atomic E-state index is 0.124. The summed E-state index contributed by atoms with van der Waals surface area (Å²) in [6.45, 7) is 3.86. The van der Waals surface area contributed by atoms with Crippen LogP contribution in [-0.2, 0) is 0 Å². The number of benzene rings is 2. The fourth-order valence-corrected chi connectivity index (χ4v) is 2.71. The second kappa shape index (κ2) is 5.04. The second-order valence-electron chi connectivity index (χ2n) is 4.94. The molecule has 0 saturated heterocycles. The Balaban J connectivity index is 2.30. The quantitative estimate of drug-likeness (QED) is 0.601. The van der Waals surface area contributed by atoms with E-state index in [2.05, 4.69) is 9.97 Å². The van der Waals surface area contributed by atoms with Gasteiger partial charge in [-0.15, -0.1) is 0 Å². The van der Waals surface area contributed by atoms with E-state index in [9.17, 15) is 8.78 Å². The molecule has 0 aliphatic heterocycles. The molecule has 5 heteroatoms. The Hall–Kier alpha value is -2.07. The molecule has 0 atom stereocenters. The van der Waals surface area contributed by atoms with E-state index in [4.69, 9.17) is 11.6 Å². The minimum atomic E-state index is -0.713. The van der Waals surface area contributed by atoms with Crippen LogP contribution >= 0.6 is 11.6 Å². The molecule has 3 aromatic rings. The average molecular weight is 305 g/mol. The van der Waals surface area contributed by atoms with Crippen LogP contribution in [0.15, 0.2) is 30.3 Å². The molecular formula is C16H11ClF2N2. The zero-order chi connectivity index (χ0) is 15.1. The molecule has 1 aromatic heterocycles. The highest BCUT2D eigenvalue weighted by molar-refractivity contribution is 6.34. The van der Waals surface area contributed by atoms with Crippen molar-refractivity contribution in [3.05, 3.63) is 58.2 Å². The SMILES string of the molecule is Cc1cc(C)c2c(Cl)nc(-c3ccc(F)cc3F)nc2c1. The van der Waals surface area contributed by atoms with Gasteiger partial charge in [0.1, 0.15) is 16.8 Å². The van der Waals surface area contributed by atoms with E-state index in [1.54, 1.807) is 0 Å². The summed E-state index contributed by atoms with van der Waals surface area (Å²) in [7, 11) is 0. The van der Waals surface area contributed by atoms with E-state index in [0.29, 0.717) is 5.52 Å². The number of aromatic nitrogens is 2. The van der Waals surface area contributed by atoms with Crippen molar-refractivity contribution in [2.24, 2.45) is 0 Å². The lowest BCUT2D eigenvalue weighted by Crippen LogP contribution is -1.96. The van der Waals surface area contributed by atoms with E-state index in [1.165, 1.54) is 12.1 Å². The molecule has 0 amide bonds. The maximum Gasteiger partial charge on any atom is 0.164 e. The number of rotatable bonds is 1. The van der Waals surface area contributed by atoms with Crippen LogP contribution in [0.4, 0.5) is 8.78 Å². The first-order chi connectivity index (χ1) is 9.95. The van der Waals surface area contributed by atoms with Gasteiger partial charge >= 0.3 is 0 Å². The van der Waals surface area contributed by atoms with Crippen LogP contribution in [0.1, 0.15) is 11.1 Å². The third-order valence-electron chi connectivity index (χ3n) is 3.27. The van der Waals surface area contributed by atoms with Crippen LogP contribution < -0.4 is 0 Å². The summed E-state index contributed by atoms with van der Waals surface area (Å²) in [5, 5.41) is 1.00. The molecule has 0 aliphatic carbocycles. The molecular weight excluding hydrogens is 294 g/mol. The molecule has 0 fully saturated rings. The van der Waals surface area contributed by atoms with Crippen molar-refractivity contribution in [2.45, 2.75) is 13.8 Å². The molecule has 1 heterocycles. The van der Waals surface area contributed by atoms with E-state index < -0.39 is 11.6 Å². The van der Waals surface area contributed by atoms with E-state index >= 15 is 0 Å². The van der Waals surface area contributed by atoms with Crippen LogP contribution in [0.3, 0.4) is 0 Å². The molecule has 106 valence electrons. The summed E-state index contributed by atoms with van der Waals surface area (Å²) in [6.07, 6.45) is 0. The molecule has 0 N–H and O–H groups in total. The first-order valence-electron chi connectivity index (χ1n) is 6.35. The Morgan fingerprint density at radius 2 is 1.76 bits per heavy atom. The predicted octanol–water partition coefficient (Wildman–Crippen LogP) is 4.85. The van der Waals surface area contributed by atoms with Crippen LogP contribution in [0.2, 0.25) is 5.15 Å². The maximum absolute atomic E-state index is 13.9. The summed E-state index contributed by atoms with van der Waals surface area (Å²) in [4.78, 5) is 8.50. The molecule has 2 aromatic carbocycles. The van der Waals surface area contributed by atoms with Crippen LogP contribution in [0.25, 0.3) is 22.3 Å². The van der Waals surface area contributed by atoms with Crippen molar-refractivity contribution in [1.29, 1.82) is 0 Å². The Labute approximate surface area is 125 Å². The Morgan fingerprint density at radius 3 is 2.48 bits per heavy atom. The normalized spacial score (nSPS) is 11.1. The van der Waals surface area contributed by atoms with Gasteiger partial charge in [0.25, 0.3) is 0 Å². The number of hydrogen-bond acceptors (Lipinski definition) is 2. The zero-order valence-electron chi connectivity index (χ0n) is 11.4. The molecule has 21 heavy (non-hydrogen) atoms. The van der Waals surface area contributed by atoms with Crippen LogP contribution in [0.5, 0.6) is 0 Å². The first-order valence-corrected chi connectivity index (χ1v) is 6.73. The lowest BCUT2D eigenvalue weighted by molar-refractivity contribution is 0.585. The summed E-state index contributed by atoms with van der Waals surface area (Å²) >= 11 is 6.21. The molecule has 0 spiro atoms. The monoisotopic (exact) mass is 304 g/mol. The van der Waals surface area contributed by atoms with E-state index in [-0.39, 0.29) is 16.5 Å². The third kappa shape index (κ3) is 2.47. The number of nitrogens with zero attached hydrogens (tertiary/aromatic N) is 2. The number of fused-ring (bicyclic) bond motifs is 1. The predicted molar refractivity (Wildman–Crippen MR) is 79.4 cm³/mol. The molecule has 0 saturated carbocycles. The Bertz CT molecular complexity index is 863. The topological polar surface area (TPSA) is 25.8 Å². The highest BCUT2D eigenvalue weighted by atomic mass is 35.5. The van der Waals surface area contributed by atoms with Gasteiger partial charge in [0, 0.05) is 11.5 Å². The van der Waals surface area contributed by atoms with E-state index in [1.807, 2.05) is 26.0 Å². The number of halogens is 3. The fourth-order valence-electron chi connectivity index (χ4n) is 2.38. The number of hydrogen-bond donors (Lipinski definition) is 0. The Morgan fingerprint density at radius 1 is 1.00 bits per heavy atom. The standard InChI is InChI=1S/C16H11ClF2N2/c1-8-5-9(2)14-13(6-8)20-16(21-15(14)17)11-4-3-10(18)7-12(11)19/h3-7H,1-2H3. The zero-order valence-corrected chi connectivity index (χ0v) is 12.2. The summed E-state index contributed by atoms with van der Waals surface area (Å²) in [6, 6.07) is 7.13. The highest BCUT2D eigenvalue weighted by Gasteiger charge is 2.14. The van der Waals surface area contributed by atoms with E-state index in [0.717, 1.165) is 22.6 Å². The maximum atomic E-state index is 13.9. The molecule has 2 nitrogen and oxygen atoms in total. The second-order valence-corrected chi connectivity index (χ2v) is 5.30. The van der Waals surface area contributed by atoms with Crippen molar-refractivity contribution in [2.75, 3.05) is 0 Å². The minimum Gasteiger partial charge on any atom is -0.228 e. The van der Waals surface area contributed by atoms with Crippen LogP contribution in [0, 0.1) is 25.5 Å². The first kappa shape index (κ1) is 13.9. The van der Waals surface area contributed by atoms with Crippen molar-refractivity contribution < 1.29 is 8.78 Å². The summed E-state index contributed by atoms with van der Waals surface area (Å²) < 4.78 is 26.9. The molecule has 0 unspecified atom stereocenters. The largest absolute Gasteiger partial charge is 0.228 e. The summed E-state index contributed by atoms with van der Waals surface area (Å²) in [5.74, 6) is -1.21.